The van der Waals surface area contributed by atoms with Crippen LogP contribution in [0.3, 0.4) is 0 Å². The van der Waals surface area contributed by atoms with Crippen LogP contribution in [0.25, 0.3) is 0 Å². The van der Waals surface area contributed by atoms with E-state index in [4.69, 9.17) is 5.73 Å². The Balaban J connectivity index is 0.00000484. The molecule has 0 saturated carbocycles. The van der Waals surface area contributed by atoms with Crippen molar-refractivity contribution in [2.75, 3.05) is 13.1 Å². The van der Waals surface area contributed by atoms with Gasteiger partial charge >= 0.3 is 0 Å². The summed E-state index contributed by atoms with van der Waals surface area (Å²) in [7, 11) is 0. The average Bonchev–Trinajstić information content (AvgIpc) is 2.49. The molecular weight excluding hydrogens is 403 g/mol. The summed E-state index contributed by atoms with van der Waals surface area (Å²) in [5, 5.41) is 6.58. The van der Waals surface area contributed by atoms with Gasteiger partial charge in [0.25, 0.3) is 0 Å². The lowest BCUT2D eigenvalue weighted by Gasteiger charge is -2.12. The van der Waals surface area contributed by atoms with Crippen molar-refractivity contribution >= 4 is 35.8 Å². The molecule has 0 unspecified atom stereocenters. The summed E-state index contributed by atoms with van der Waals surface area (Å²) in [5.41, 5.74) is 6.79. The number of halogens is 1. The van der Waals surface area contributed by atoms with Gasteiger partial charge < -0.3 is 16.4 Å². The summed E-state index contributed by atoms with van der Waals surface area (Å²) < 4.78 is 0. The third kappa shape index (κ3) is 9.43. The molecule has 0 aliphatic carbocycles. The maximum absolute atomic E-state index is 11.0. The molecule has 1 aromatic carbocycles. The van der Waals surface area contributed by atoms with Crippen LogP contribution in [0.15, 0.2) is 29.3 Å². The molecule has 6 heteroatoms. The minimum atomic E-state index is -0.407. The number of carbonyl (C=O) groups excluding carboxylic acids is 1. The Morgan fingerprint density at radius 1 is 1.22 bits per heavy atom. The molecule has 0 bridgehead atoms. The van der Waals surface area contributed by atoms with Crippen molar-refractivity contribution in [3.8, 4) is 0 Å². The first-order valence-corrected chi connectivity index (χ1v) is 7.93. The molecule has 130 valence electrons. The summed E-state index contributed by atoms with van der Waals surface area (Å²) in [6, 6.07) is 7.23. The highest BCUT2D eigenvalue weighted by Crippen LogP contribution is 2.05. The maximum Gasteiger partial charge on any atom is 0.248 e. The molecule has 1 rings (SSSR count). The number of nitrogens with zero attached hydrogens (tertiary/aromatic N) is 1. The fourth-order valence-corrected chi connectivity index (χ4v) is 2.00. The van der Waals surface area contributed by atoms with E-state index >= 15 is 0 Å². The SMILES string of the molecule is CCNC(=NCc1ccc(C(N)=O)cc1)NCCCC(C)C.I. The molecule has 0 atom stereocenters. The Morgan fingerprint density at radius 2 is 1.87 bits per heavy atom. The predicted molar refractivity (Wildman–Crippen MR) is 107 cm³/mol. The minimum Gasteiger partial charge on any atom is -0.366 e. The first-order chi connectivity index (χ1) is 10.5. The lowest BCUT2D eigenvalue weighted by Crippen LogP contribution is -2.37. The number of primary amides is 1. The zero-order valence-corrected chi connectivity index (χ0v) is 16.6. The van der Waals surface area contributed by atoms with Gasteiger partial charge in [0, 0.05) is 18.7 Å². The second-order valence-electron chi connectivity index (χ2n) is 5.72. The molecule has 0 heterocycles. The fourth-order valence-electron chi connectivity index (χ4n) is 2.00. The number of hydrogen-bond acceptors (Lipinski definition) is 2. The molecule has 1 amide bonds. The molecule has 0 aliphatic rings. The van der Waals surface area contributed by atoms with Gasteiger partial charge in [0.1, 0.15) is 0 Å². The van der Waals surface area contributed by atoms with Crippen LogP contribution < -0.4 is 16.4 Å². The summed E-state index contributed by atoms with van der Waals surface area (Å²) in [5.74, 6) is 1.14. The Hall–Kier alpha value is -1.31. The second-order valence-corrected chi connectivity index (χ2v) is 5.72. The van der Waals surface area contributed by atoms with Crippen LogP contribution in [0.4, 0.5) is 0 Å². The third-order valence-electron chi connectivity index (χ3n) is 3.25. The number of rotatable bonds is 8. The average molecular weight is 432 g/mol. The van der Waals surface area contributed by atoms with Gasteiger partial charge in [-0.2, -0.15) is 0 Å². The van der Waals surface area contributed by atoms with Crippen molar-refractivity contribution in [2.45, 2.75) is 40.2 Å². The van der Waals surface area contributed by atoms with Crippen LogP contribution in [-0.2, 0) is 6.54 Å². The van der Waals surface area contributed by atoms with Crippen LogP contribution in [0.5, 0.6) is 0 Å². The number of hydrogen-bond donors (Lipinski definition) is 3. The van der Waals surface area contributed by atoms with Crippen LogP contribution >= 0.6 is 24.0 Å². The predicted octanol–water partition coefficient (Wildman–Crippen LogP) is 2.89. The first-order valence-electron chi connectivity index (χ1n) is 7.93. The Labute approximate surface area is 156 Å². The molecule has 5 nitrogen and oxygen atoms in total. The van der Waals surface area contributed by atoms with Gasteiger partial charge in [0.05, 0.1) is 6.54 Å². The van der Waals surface area contributed by atoms with Crippen LogP contribution in [0.1, 0.15) is 49.5 Å². The molecule has 0 radical (unpaired) electrons. The number of amides is 1. The summed E-state index contributed by atoms with van der Waals surface area (Å²) >= 11 is 0. The standard InChI is InChI=1S/C17H28N4O.HI/c1-4-19-17(20-11-5-6-13(2)3)21-12-14-7-9-15(10-8-14)16(18)22;/h7-10,13H,4-6,11-12H2,1-3H3,(H2,18,22)(H2,19,20,21);1H. The summed E-state index contributed by atoms with van der Waals surface area (Å²) in [6.07, 6.45) is 2.34. The Bertz CT molecular complexity index is 486. The monoisotopic (exact) mass is 432 g/mol. The lowest BCUT2D eigenvalue weighted by atomic mass is 10.1. The number of benzene rings is 1. The molecule has 4 N–H and O–H groups in total. The number of nitrogens with two attached hydrogens (primary N) is 1. The van der Waals surface area contributed by atoms with Crippen LogP contribution in [0, 0.1) is 5.92 Å². The van der Waals surface area contributed by atoms with E-state index in [1.54, 1.807) is 12.1 Å². The molecule has 0 fully saturated rings. The van der Waals surface area contributed by atoms with Gasteiger partial charge in [0.15, 0.2) is 5.96 Å². The number of carbonyl (C=O) groups is 1. The quantitative estimate of drug-likeness (QED) is 0.256. The van der Waals surface area contributed by atoms with Crippen molar-refractivity contribution in [2.24, 2.45) is 16.6 Å². The van der Waals surface area contributed by atoms with Crippen LogP contribution in [-0.4, -0.2) is 25.0 Å². The van der Waals surface area contributed by atoms with Gasteiger partial charge in [-0.05, 0) is 43.4 Å². The van der Waals surface area contributed by atoms with Crippen molar-refractivity contribution in [1.29, 1.82) is 0 Å². The highest BCUT2D eigenvalue weighted by atomic mass is 127. The molecule has 0 spiro atoms. The van der Waals surface area contributed by atoms with E-state index in [0.29, 0.717) is 12.1 Å². The highest BCUT2D eigenvalue weighted by molar-refractivity contribution is 14.0. The topological polar surface area (TPSA) is 79.5 Å². The van der Waals surface area contributed by atoms with E-state index in [1.165, 1.54) is 6.42 Å². The van der Waals surface area contributed by atoms with E-state index < -0.39 is 5.91 Å². The molecular formula is C17H29IN4O. The Kier molecular flexibility index (Phi) is 11.5. The first kappa shape index (κ1) is 21.7. The van der Waals surface area contributed by atoms with Crippen molar-refractivity contribution in [3.05, 3.63) is 35.4 Å². The second kappa shape index (κ2) is 12.2. The normalized spacial score (nSPS) is 11.0. The molecule has 0 saturated heterocycles. The number of nitrogens with one attached hydrogen (secondary N) is 2. The maximum atomic E-state index is 11.0. The van der Waals surface area contributed by atoms with Gasteiger partial charge in [0.2, 0.25) is 5.91 Å². The van der Waals surface area contributed by atoms with E-state index in [2.05, 4.69) is 29.5 Å². The largest absolute Gasteiger partial charge is 0.366 e. The summed E-state index contributed by atoms with van der Waals surface area (Å²) in [4.78, 5) is 15.6. The van der Waals surface area contributed by atoms with Crippen molar-refractivity contribution in [1.82, 2.24) is 10.6 Å². The number of aliphatic imine (C=N–C) groups is 1. The minimum absolute atomic E-state index is 0. The van der Waals surface area contributed by atoms with E-state index in [1.807, 2.05) is 19.1 Å². The van der Waals surface area contributed by atoms with E-state index in [-0.39, 0.29) is 24.0 Å². The molecule has 1 aromatic rings. The van der Waals surface area contributed by atoms with Crippen molar-refractivity contribution < 1.29 is 4.79 Å². The van der Waals surface area contributed by atoms with Gasteiger partial charge in [-0.15, -0.1) is 24.0 Å². The smallest absolute Gasteiger partial charge is 0.248 e. The van der Waals surface area contributed by atoms with E-state index in [0.717, 1.165) is 37.0 Å². The van der Waals surface area contributed by atoms with E-state index in [9.17, 15) is 4.79 Å². The number of guanidine groups is 1. The zero-order chi connectivity index (χ0) is 16.4. The Morgan fingerprint density at radius 3 is 2.39 bits per heavy atom. The fraction of sp³-hybridized carbons (Fsp3) is 0.529. The molecule has 23 heavy (non-hydrogen) atoms. The molecule has 0 aromatic heterocycles. The van der Waals surface area contributed by atoms with Gasteiger partial charge in [-0.25, -0.2) is 4.99 Å². The summed E-state index contributed by atoms with van der Waals surface area (Å²) in [6.45, 7) is 8.83. The highest BCUT2D eigenvalue weighted by Gasteiger charge is 2.01. The van der Waals surface area contributed by atoms with Gasteiger partial charge in [-0.3, -0.25) is 4.79 Å². The lowest BCUT2D eigenvalue weighted by molar-refractivity contribution is 0.100. The van der Waals surface area contributed by atoms with Crippen molar-refractivity contribution in [3.63, 3.8) is 0 Å². The zero-order valence-electron chi connectivity index (χ0n) is 14.3. The van der Waals surface area contributed by atoms with Gasteiger partial charge in [-0.1, -0.05) is 26.0 Å². The third-order valence-corrected chi connectivity index (χ3v) is 3.25. The molecule has 0 aliphatic heterocycles. The van der Waals surface area contributed by atoms with Crippen LogP contribution in [0.2, 0.25) is 0 Å².